The van der Waals surface area contributed by atoms with Gasteiger partial charge in [0.15, 0.2) is 0 Å². The monoisotopic (exact) mass is 359 g/mol. The van der Waals surface area contributed by atoms with E-state index in [4.69, 9.17) is 11.6 Å². The summed E-state index contributed by atoms with van der Waals surface area (Å²) in [5, 5.41) is 3.28. The van der Waals surface area contributed by atoms with E-state index in [0.29, 0.717) is 17.3 Å². The molecule has 0 aromatic heterocycles. The molecular formula is C14H18ClN3O4S. The van der Waals surface area contributed by atoms with Crippen molar-refractivity contribution in [3.05, 3.63) is 29.3 Å². The van der Waals surface area contributed by atoms with E-state index < -0.39 is 10.0 Å². The van der Waals surface area contributed by atoms with E-state index in [1.54, 1.807) is 29.2 Å². The second kappa shape index (κ2) is 7.29. The van der Waals surface area contributed by atoms with E-state index >= 15 is 0 Å². The molecule has 1 saturated heterocycles. The Hall–Kier alpha value is -1.64. The van der Waals surface area contributed by atoms with Gasteiger partial charge in [-0.25, -0.2) is 13.1 Å². The molecule has 126 valence electrons. The molecule has 0 spiro atoms. The van der Waals surface area contributed by atoms with Crippen LogP contribution in [-0.4, -0.2) is 45.6 Å². The molecule has 23 heavy (non-hydrogen) atoms. The number of nitrogens with one attached hydrogen (secondary N) is 2. The molecule has 2 rings (SSSR count). The molecule has 1 atom stereocenters. The zero-order valence-corrected chi connectivity index (χ0v) is 14.2. The average Bonchev–Trinajstić information content (AvgIpc) is 2.78. The molecular weight excluding hydrogens is 342 g/mol. The maximum atomic E-state index is 12.1. The van der Waals surface area contributed by atoms with E-state index in [0.717, 1.165) is 6.26 Å². The van der Waals surface area contributed by atoms with Gasteiger partial charge in [0.2, 0.25) is 21.8 Å². The van der Waals surface area contributed by atoms with E-state index in [2.05, 4.69) is 10.0 Å². The smallest absolute Gasteiger partial charge is 0.229 e. The van der Waals surface area contributed by atoms with Crippen LogP contribution in [0.25, 0.3) is 0 Å². The third-order valence-electron chi connectivity index (χ3n) is 3.33. The van der Waals surface area contributed by atoms with Crippen molar-refractivity contribution in [1.82, 2.24) is 10.0 Å². The number of amides is 2. The number of halogens is 1. The minimum Gasteiger partial charge on any atom is -0.351 e. The lowest BCUT2D eigenvalue weighted by atomic mass is 10.2. The van der Waals surface area contributed by atoms with Gasteiger partial charge in [-0.1, -0.05) is 17.7 Å². The summed E-state index contributed by atoms with van der Waals surface area (Å²) in [7, 11) is -3.31. The summed E-state index contributed by atoms with van der Waals surface area (Å²) in [6.45, 7) is 0.397. The maximum Gasteiger partial charge on any atom is 0.229 e. The summed E-state index contributed by atoms with van der Waals surface area (Å²) in [5.74, 6) is -0.390. The lowest BCUT2D eigenvalue weighted by molar-refractivity contribution is -0.121. The van der Waals surface area contributed by atoms with Crippen molar-refractivity contribution in [3.63, 3.8) is 0 Å². The Labute approximate surface area is 140 Å². The maximum absolute atomic E-state index is 12.1. The van der Waals surface area contributed by atoms with E-state index in [1.165, 1.54) is 0 Å². The number of rotatable bonds is 6. The van der Waals surface area contributed by atoms with Gasteiger partial charge in [0.1, 0.15) is 0 Å². The summed E-state index contributed by atoms with van der Waals surface area (Å²) in [6.07, 6.45) is 1.26. The fourth-order valence-corrected chi connectivity index (χ4v) is 3.01. The van der Waals surface area contributed by atoms with Gasteiger partial charge in [-0.15, -0.1) is 0 Å². The first-order valence-electron chi connectivity index (χ1n) is 7.04. The first kappa shape index (κ1) is 17.7. The first-order valence-corrected chi connectivity index (χ1v) is 9.31. The molecule has 1 aliphatic rings. The lowest BCUT2D eigenvalue weighted by Crippen LogP contribution is -2.38. The number of sulfonamides is 1. The van der Waals surface area contributed by atoms with Gasteiger partial charge < -0.3 is 10.2 Å². The zero-order chi connectivity index (χ0) is 17.0. The molecule has 0 aliphatic carbocycles. The van der Waals surface area contributed by atoms with Crippen LogP contribution < -0.4 is 14.9 Å². The Morgan fingerprint density at radius 2 is 2.17 bits per heavy atom. The molecule has 9 heteroatoms. The van der Waals surface area contributed by atoms with Crippen LogP contribution in [-0.2, 0) is 19.6 Å². The predicted molar refractivity (Wildman–Crippen MR) is 87.8 cm³/mol. The predicted octanol–water partition coefficient (Wildman–Crippen LogP) is 0.501. The highest BCUT2D eigenvalue weighted by Gasteiger charge is 2.31. The van der Waals surface area contributed by atoms with Crippen LogP contribution in [0.5, 0.6) is 0 Å². The fourth-order valence-electron chi connectivity index (χ4n) is 2.35. The molecule has 0 bridgehead atoms. The van der Waals surface area contributed by atoms with Crippen molar-refractivity contribution in [2.75, 3.05) is 24.2 Å². The molecule has 1 aromatic carbocycles. The second-order valence-electron chi connectivity index (χ2n) is 5.37. The molecule has 7 nitrogen and oxygen atoms in total. The second-order valence-corrected chi connectivity index (χ2v) is 7.64. The summed E-state index contributed by atoms with van der Waals surface area (Å²) in [4.78, 5) is 25.4. The summed E-state index contributed by atoms with van der Waals surface area (Å²) in [6, 6.07) is 6.66. The number of carbonyl (C=O) groups is 2. The van der Waals surface area contributed by atoms with Gasteiger partial charge >= 0.3 is 0 Å². The van der Waals surface area contributed by atoms with Crippen LogP contribution in [0.2, 0.25) is 5.02 Å². The number of benzene rings is 1. The third-order valence-corrected chi connectivity index (χ3v) is 4.29. The summed E-state index contributed by atoms with van der Waals surface area (Å²) < 4.78 is 24.1. The number of carbonyl (C=O) groups excluding carboxylic acids is 2. The SMILES string of the molecule is CS(=O)(=O)NCCC(=O)N[C@@H]1CC(=O)N(c2cccc(Cl)c2)C1. The van der Waals surface area contributed by atoms with Crippen LogP contribution in [0.1, 0.15) is 12.8 Å². The van der Waals surface area contributed by atoms with Crippen LogP contribution in [0.4, 0.5) is 5.69 Å². The van der Waals surface area contributed by atoms with Gasteiger partial charge in [-0.05, 0) is 18.2 Å². The highest BCUT2D eigenvalue weighted by molar-refractivity contribution is 7.88. The normalized spacial score (nSPS) is 18.3. The highest BCUT2D eigenvalue weighted by atomic mass is 35.5. The van der Waals surface area contributed by atoms with Gasteiger partial charge in [-0.2, -0.15) is 0 Å². The Kier molecular flexibility index (Phi) is 5.61. The van der Waals surface area contributed by atoms with Gasteiger partial charge in [0, 0.05) is 36.6 Å². The van der Waals surface area contributed by atoms with E-state index in [-0.39, 0.29) is 37.2 Å². The Balaban J connectivity index is 1.86. The van der Waals surface area contributed by atoms with Crippen LogP contribution >= 0.6 is 11.6 Å². The lowest BCUT2D eigenvalue weighted by Gasteiger charge is -2.17. The molecule has 1 aliphatic heterocycles. The van der Waals surface area contributed by atoms with Crippen LogP contribution in [0.15, 0.2) is 24.3 Å². The Morgan fingerprint density at radius 1 is 1.43 bits per heavy atom. The molecule has 1 heterocycles. The van der Waals surface area contributed by atoms with E-state index in [1.807, 2.05) is 0 Å². The molecule has 2 amide bonds. The minimum atomic E-state index is -3.31. The molecule has 0 radical (unpaired) electrons. The average molecular weight is 360 g/mol. The van der Waals surface area contributed by atoms with Gasteiger partial charge in [-0.3, -0.25) is 9.59 Å². The summed E-state index contributed by atoms with van der Waals surface area (Å²) in [5.41, 5.74) is 0.693. The van der Waals surface area contributed by atoms with Crippen molar-refractivity contribution in [2.24, 2.45) is 0 Å². The molecule has 2 N–H and O–H groups in total. The Bertz CT molecular complexity index is 708. The topological polar surface area (TPSA) is 95.6 Å². The Morgan fingerprint density at radius 3 is 2.83 bits per heavy atom. The van der Waals surface area contributed by atoms with Crippen molar-refractivity contribution in [2.45, 2.75) is 18.9 Å². The summed E-state index contributed by atoms with van der Waals surface area (Å²) >= 11 is 5.92. The number of hydrogen-bond donors (Lipinski definition) is 2. The van der Waals surface area contributed by atoms with Gasteiger partial charge in [0.05, 0.1) is 12.3 Å². The van der Waals surface area contributed by atoms with Crippen molar-refractivity contribution >= 4 is 39.1 Å². The number of anilines is 1. The van der Waals surface area contributed by atoms with E-state index in [9.17, 15) is 18.0 Å². The number of nitrogens with zero attached hydrogens (tertiary/aromatic N) is 1. The zero-order valence-electron chi connectivity index (χ0n) is 12.6. The van der Waals surface area contributed by atoms with Crippen LogP contribution in [0.3, 0.4) is 0 Å². The molecule has 0 unspecified atom stereocenters. The highest BCUT2D eigenvalue weighted by Crippen LogP contribution is 2.24. The largest absolute Gasteiger partial charge is 0.351 e. The first-order chi connectivity index (χ1) is 10.7. The third kappa shape index (κ3) is 5.49. The quantitative estimate of drug-likeness (QED) is 0.773. The fraction of sp³-hybridized carbons (Fsp3) is 0.429. The standard InChI is InChI=1S/C14H18ClN3O4S/c1-23(21,22)16-6-5-13(19)17-11-8-14(20)18(9-11)12-4-2-3-10(15)7-12/h2-4,7,11,16H,5-6,8-9H2,1H3,(H,17,19)/t11-/m1/s1. The minimum absolute atomic E-state index is 0.0227. The van der Waals surface area contributed by atoms with Crippen molar-refractivity contribution in [3.8, 4) is 0 Å². The number of hydrogen-bond acceptors (Lipinski definition) is 4. The van der Waals surface area contributed by atoms with Crippen LogP contribution in [0, 0.1) is 0 Å². The molecule has 0 saturated carbocycles. The molecule has 1 aromatic rings. The molecule has 1 fully saturated rings. The van der Waals surface area contributed by atoms with Gasteiger partial charge in [0.25, 0.3) is 0 Å². The van der Waals surface area contributed by atoms with Crippen molar-refractivity contribution < 1.29 is 18.0 Å². The van der Waals surface area contributed by atoms with Crippen molar-refractivity contribution in [1.29, 1.82) is 0 Å².